The van der Waals surface area contributed by atoms with Crippen molar-refractivity contribution < 1.29 is 4.74 Å². The monoisotopic (exact) mass is 219 g/mol. The number of para-hydroxylation sites is 1. The van der Waals surface area contributed by atoms with E-state index in [2.05, 4.69) is 13.0 Å². The molecule has 1 aromatic rings. The maximum Gasteiger partial charge on any atom is 0.124 e. The Kier molecular flexibility index (Phi) is 3.20. The lowest BCUT2D eigenvalue weighted by atomic mass is 10.0. The highest BCUT2D eigenvalue weighted by molar-refractivity contribution is 5.37. The maximum absolute atomic E-state index is 6.29. The Morgan fingerprint density at radius 3 is 2.50 bits per heavy atom. The Morgan fingerprint density at radius 1 is 1.31 bits per heavy atom. The molecule has 0 radical (unpaired) electrons. The number of benzene rings is 1. The Morgan fingerprint density at radius 2 is 1.94 bits per heavy atom. The van der Waals surface area contributed by atoms with Crippen LogP contribution in [0.5, 0.6) is 5.75 Å². The second kappa shape index (κ2) is 4.46. The molecule has 0 aromatic heterocycles. The van der Waals surface area contributed by atoms with E-state index in [0.717, 1.165) is 17.2 Å². The zero-order chi connectivity index (χ0) is 11.7. The van der Waals surface area contributed by atoms with Crippen molar-refractivity contribution in [2.75, 3.05) is 0 Å². The summed E-state index contributed by atoms with van der Waals surface area (Å²) < 4.78 is 5.80. The van der Waals surface area contributed by atoms with E-state index in [0.29, 0.717) is 5.92 Å². The van der Waals surface area contributed by atoms with Gasteiger partial charge < -0.3 is 10.5 Å². The van der Waals surface area contributed by atoms with Crippen LogP contribution >= 0.6 is 0 Å². The molecule has 16 heavy (non-hydrogen) atoms. The molecule has 1 fully saturated rings. The third-order valence-corrected chi connectivity index (χ3v) is 3.27. The molecular weight excluding hydrogens is 198 g/mol. The van der Waals surface area contributed by atoms with E-state index in [-0.39, 0.29) is 12.1 Å². The fourth-order valence-electron chi connectivity index (χ4n) is 2.20. The van der Waals surface area contributed by atoms with Gasteiger partial charge >= 0.3 is 0 Å². The molecule has 2 N–H and O–H groups in total. The normalized spacial score (nSPS) is 25.6. The summed E-state index contributed by atoms with van der Waals surface area (Å²) in [6, 6.07) is 8.28. The van der Waals surface area contributed by atoms with Gasteiger partial charge in [-0.3, -0.25) is 0 Å². The summed E-state index contributed by atoms with van der Waals surface area (Å²) in [5.74, 6) is 2.35. The van der Waals surface area contributed by atoms with Gasteiger partial charge in [0, 0.05) is 11.6 Å². The quantitative estimate of drug-likeness (QED) is 0.844. The summed E-state index contributed by atoms with van der Waals surface area (Å²) in [5, 5.41) is 0. The van der Waals surface area contributed by atoms with E-state index in [1.165, 1.54) is 6.42 Å². The molecule has 0 spiro atoms. The van der Waals surface area contributed by atoms with E-state index in [1.54, 1.807) is 0 Å². The molecule has 2 nitrogen and oxygen atoms in total. The molecule has 3 unspecified atom stereocenters. The van der Waals surface area contributed by atoms with Crippen LogP contribution in [0.25, 0.3) is 0 Å². The molecule has 1 aromatic carbocycles. The lowest BCUT2D eigenvalue weighted by molar-refractivity contribution is 0.238. The smallest absolute Gasteiger partial charge is 0.124 e. The minimum absolute atomic E-state index is 0.130. The van der Waals surface area contributed by atoms with Crippen LogP contribution < -0.4 is 10.5 Å². The molecule has 2 heteroatoms. The molecule has 0 saturated heterocycles. The molecular formula is C14H21NO. The van der Waals surface area contributed by atoms with Crippen molar-refractivity contribution in [1.29, 1.82) is 0 Å². The highest BCUT2D eigenvalue weighted by Crippen LogP contribution is 2.47. The first-order valence-corrected chi connectivity index (χ1v) is 6.10. The summed E-state index contributed by atoms with van der Waals surface area (Å²) >= 11 is 0. The molecule has 2 rings (SSSR count). The van der Waals surface area contributed by atoms with Crippen LogP contribution in [0.2, 0.25) is 0 Å². The van der Waals surface area contributed by atoms with E-state index < -0.39 is 0 Å². The van der Waals surface area contributed by atoms with Crippen molar-refractivity contribution in [3.05, 3.63) is 29.8 Å². The highest BCUT2D eigenvalue weighted by Gasteiger charge is 2.39. The zero-order valence-corrected chi connectivity index (χ0v) is 10.3. The van der Waals surface area contributed by atoms with Crippen LogP contribution in [0.1, 0.15) is 38.8 Å². The molecule has 0 amide bonds. The first-order valence-electron chi connectivity index (χ1n) is 6.10. The van der Waals surface area contributed by atoms with Gasteiger partial charge in [-0.05, 0) is 38.2 Å². The summed E-state index contributed by atoms with van der Waals surface area (Å²) in [6.45, 7) is 6.35. The summed E-state index contributed by atoms with van der Waals surface area (Å²) in [7, 11) is 0. The van der Waals surface area contributed by atoms with Crippen LogP contribution in [-0.2, 0) is 0 Å². The van der Waals surface area contributed by atoms with Crippen molar-refractivity contribution in [3.63, 3.8) is 0 Å². The molecule has 3 atom stereocenters. The second-order valence-electron chi connectivity index (χ2n) is 5.11. The van der Waals surface area contributed by atoms with Gasteiger partial charge in [-0.25, -0.2) is 0 Å². The van der Waals surface area contributed by atoms with Crippen molar-refractivity contribution in [3.8, 4) is 5.75 Å². The second-order valence-corrected chi connectivity index (χ2v) is 5.11. The predicted octanol–water partition coefficient (Wildman–Crippen LogP) is 3.13. The van der Waals surface area contributed by atoms with Crippen molar-refractivity contribution in [2.24, 2.45) is 17.6 Å². The number of rotatable bonds is 4. The Bertz CT molecular complexity index is 362. The molecule has 88 valence electrons. The summed E-state index contributed by atoms with van der Waals surface area (Å²) in [6.07, 6.45) is 1.45. The van der Waals surface area contributed by atoms with Crippen LogP contribution in [0.4, 0.5) is 0 Å². The minimum Gasteiger partial charge on any atom is -0.491 e. The number of ether oxygens (including phenoxy) is 1. The minimum atomic E-state index is 0.130. The molecule has 0 bridgehead atoms. The molecule has 0 aliphatic heterocycles. The van der Waals surface area contributed by atoms with Crippen molar-refractivity contribution in [1.82, 2.24) is 0 Å². The largest absolute Gasteiger partial charge is 0.491 e. The van der Waals surface area contributed by atoms with Gasteiger partial charge in [0.05, 0.1) is 6.10 Å². The van der Waals surface area contributed by atoms with Gasteiger partial charge in [0.2, 0.25) is 0 Å². The van der Waals surface area contributed by atoms with Crippen LogP contribution in [0.3, 0.4) is 0 Å². The van der Waals surface area contributed by atoms with Gasteiger partial charge in [-0.2, -0.15) is 0 Å². The molecule has 1 saturated carbocycles. The molecule has 0 heterocycles. The van der Waals surface area contributed by atoms with Crippen LogP contribution in [0, 0.1) is 11.8 Å². The molecule has 1 aliphatic carbocycles. The summed E-state index contributed by atoms with van der Waals surface area (Å²) in [4.78, 5) is 0. The number of hydrogen-bond donors (Lipinski definition) is 1. The van der Waals surface area contributed by atoms with Gasteiger partial charge in [0.15, 0.2) is 0 Å². The fourth-order valence-corrected chi connectivity index (χ4v) is 2.20. The van der Waals surface area contributed by atoms with Gasteiger partial charge in [0.1, 0.15) is 5.75 Å². The van der Waals surface area contributed by atoms with E-state index in [1.807, 2.05) is 32.0 Å². The lowest BCUT2D eigenvalue weighted by Crippen LogP contribution is -2.16. The third kappa shape index (κ3) is 2.38. The SMILES string of the molecule is CC(C)Oc1ccccc1C(N)C1CC1C. The molecule has 1 aliphatic rings. The van der Waals surface area contributed by atoms with E-state index in [4.69, 9.17) is 10.5 Å². The maximum atomic E-state index is 6.29. The Hall–Kier alpha value is -1.02. The van der Waals surface area contributed by atoms with Crippen molar-refractivity contribution in [2.45, 2.75) is 39.3 Å². The number of hydrogen-bond acceptors (Lipinski definition) is 2. The van der Waals surface area contributed by atoms with Crippen molar-refractivity contribution >= 4 is 0 Å². The zero-order valence-electron chi connectivity index (χ0n) is 10.3. The Labute approximate surface area is 97.8 Å². The van der Waals surface area contributed by atoms with Crippen LogP contribution in [0.15, 0.2) is 24.3 Å². The topological polar surface area (TPSA) is 35.2 Å². The Balaban J connectivity index is 2.18. The van der Waals surface area contributed by atoms with Gasteiger partial charge in [0.25, 0.3) is 0 Å². The van der Waals surface area contributed by atoms with E-state index >= 15 is 0 Å². The third-order valence-electron chi connectivity index (χ3n) is 3.27. The van der Waals surface area contributed by atoms with Gasteiger partial charge in [-0.1, -0.05) is 25.1 Å². The standard InChI is InChI=1S/C14H21NO/c1-9(2)16-13-7-5-4-6-11(13)14(15)12-8-10(12)3/h4-7,9-10,12,14H,8,15H2,1-3H3. The first-order chi connectivity index (χ1) is 7.59. The fraction of sp³-hybridized carbons (Fsp3) is 0.571. The van der Waals surface area contributed by atoms with E-state index in [9.17, 15) is 0 Å². The average molecular weight is 219 g/mol. The van der Waals surface area contributed by atoms with Crippen LogP contribution in [-0.4, -0.2) is 6.10 Å². The predicted molar refractivity (Wildman–Crippen MR) is 66.4 cm³/mol. The lowest BCUT2D eigenvalue weighted by Gasteiger charge is -2.18. The first kappa shape index (κ1) is 11.5. The average Bonchev–Trinajstić information content (AvgIpc) is 2.94. The highest BCUT2D eigenvalue weighted by atomic mass is 16.5. The van der Waals surface area contributed by atoms with Gasteiger partial charge in [-0.15, -0.1) is 0 Å². The number of nitrogens with two attached hydrogens (primary N) is 1. The summed E-state index contributed by atoms with van der Waals surface area (Å²) in [5.41, 5.74) is 7.45.